The monoisotopic (exact) mass is 388 g/mol. The Morgan fingerprint density at radius 3 is 2.83 bits per heavy atom. The number of hydrogen-bond donors (Lipinski definition) is 2. The summed E-state index contributed by atoms with van der Waals surface area (Å²) >= 11 is 0. The van der Waals surface area contributed by atoms with Gasteiger partial charge in [-0.1, -0.05) is 30.3 Å². The van der Waals surface area contributed by atoms with E-state index in [0.717, 1.165) is 29.9 Å². The van der Waals surface area contributed by atoms with E-state index in [1.54, 1.807) is 12.3 Å². The van der Waals surface area contributed by atoms with Gasteiger partial charge < -0.3 is 10.6 Å². The number of carbonyl (C=O) groups is 2. The number of hydrogen-bond acceptors (Lipinski definition) is 5. The summed E-state index contributed by atoms with van der Waals surface area (Å²) in [4.78, 5) is 34.0. The SMILES string of the molecule is O=C(N[C@H]1CCc2ncccc2NC1=O)c1nc2n(n1)[C@@H](c1ccccc1)CC2. The van der Waals surface area contributed by atoms with Crippen LogP contribution in [0.5, 0.6) is 0 Å². The van der Waals surface area contributed by atoms with Gasteiger partial charge in [0.1, 0.15) is 11.9 Å². The molecule has 8 nitrogen and oxygen atoms in total. The molecule has 2 aliphatic heterocycles. The van der Waals surface area contributed by atoms with Crippen molar-refractivity contribution in [2.24, 2.45) is 0 Å². The van der Waals surface area contributed by atoms with Crippen molar-refractivity contribution in [2.45, 2.75) is 37.8 Å². The minimum absolute atomic E-state index is 0.0852. The molecular formula is C21H20N6O2. The molecule has 0 fully saturated rings. The molecule has 8 heteroatoms. The first-order valence-corrected chi connectivity index (χ1v) is 9.75. The smallest absolute Gasteiger partial charge is 0.291 e. The van der Waals surface area contributed by atoms with E-state index < -0.39 is 11.9 Å². The number of carbonyl (C=O) groups excluding carboxylic acids is 2. The van der Waals surface area contributed by atoms with Crippen molar-refractivity contribution in [1.82, 2.24) is 25.1 Å². The van der Waals surface area contributed by atoms with E-state index in [9.17, 15) is 9.59 Å². The van der Waals surface area contributed by atoms with Gasteiger partial charge in [-0.15, -0.1) is 5.10 Å². The molecule has 0 unspecified atom stereocenters. The van der Waals surface area contributed by atoms with Crippen molar-refractivity contribution in [3.05, 3.63) is 71.6 Å². The Kier molecular flexibility index (Phi) is 4.31. The molecule has 2 amide bonds. The van der Waals surface area contributed by atoms with E-state index in [0.29, 0.717) is 18.5 Å². The van der Waals surface area contributed by atoms with Crippen molar-refractivity contribution in [3.8, 4) is 0 Å². The largest absolute Gasteiger partial charge is 0.337 e. The van der Waals surface area contributed by atoms with Crippen LogP contribution in [0, 0.1) is 0 Å². The van der Waals surface area contributed by atoms with Crippen LogP contribution in [-0.4, -0.2) is 37.6 Å². The zero-order chi connectivity index (χ0) is 19.8. The van der Waals surface area contributed by atoms with Crippen LogP contribution in [0.15, 0.2) is 48.7 Å². The molecule has 1 aromatic carbocycles. The molecule has 0 radical (unpaired) electrons. The van der Waals surface area contributed by atoms with Crippen molar-refractivity contribution < 1.29 is 9.59 Å². The molecule has 2 aliphatic rings. The quantitative estimate of drug-likeness (QED) is 0.713. The van der Waals surface area contributed by atoms with Gasteiger partial charge in [-0.2, -0.15) is 0 Å². The average Bonchev–Trinajstić information content (AvgIpc) is 3.29. The molecule has 0 saturated heterocycles. The highest BCUT2D eigenvalue weighted by atomic mass is 16.2. The first-order chi connectivity index (χ1) is 14.2. The molecule has 2 atom stereocenters. The highest BCUT2D eigenvalue weighted by Gasteiger charge is 2.31. The summed E-state index contributed by atoms with van der Waals surface area (Å²) in [7, 11) is 0. The van der Waals surface area contributed by atoms with E-state index in [4.69, 9.17) is 0 Å². The number of aryl methyl sites for hydroxylation is 2. The lowest BCUT2D eigenvalue weighted by Gasteiger charge is -2.14. The molecule has 0 spiro atoms. The normalized spacial score (nSPS) is 20.3. The summed E-state index contributed by atoms with van der Waals surface area (Å²) in [6, 6.07) is 13.1. The Bertz CT molecular complexity index is 1080. The van der Waals surface area contributed by atoms with Crippen molar-refractivity contribution in [1.29, 1.82) is 0 Å². The maximum Gasteiger partial charge on any atom is 0.291 e. The zero-order valence-electron chi connectivity index (χ0n) is 15.7. The third-order valence-corrected chi connectivity index (χ3v) is 5.47. The summed E-state index contributed by atoms with van der Waals surface area (Å²) in [6.07, 6.45) is 4.46. The van der Waals surface area contributed by atoms with Crippen LogP contribution in [0.3, 0.4) is 0 Å². The average molecular weight is 388 g/mol. The van der Waals surface area contributed by atoms with Gasteiger partial charge in [0, 0.05) is 12.6 Å². The topological polar surface area (TPSA) is 102 Å². The van der Waals surface area contributed by atoms with Gasteiger partial charge >= 0.3 is 0 Å². The fraction of sp³-hybridized carbons (Fsp3) is 0.286. The number of pyridine rings is 1. The van der Waals surface area contributed by atoms with Gasteiger partial charge in [-0.05, 0) is 37.0 Å². The Morgan fingerprint density at radius 1 is 1.10 bits per heavy atom. The van der Waals surface area contributed by atoms with Crippen LogP contribution in [0.25, 0.3) is 0 Å². The fourth-order valence-electron chi connectivity index (χ4n) is 3.99. The summed E-state index contributed by atoms with van der Waals surface area (Å²) in [5.41, 5.74) is 2.66. The fourth-order valence-corrected chi connectivity index (χ4v) is 3.99. The molecular weight excluding hydrogens is 368 g/mol. The minimum Gasteiger partial charge on any atom is -0.337 e. The zero-order valence-corrected chi connectivity index (χ0v) is 15.7. The van der Waals surface area contributed by atoms with Gasteiger partial charge in [0.25, 0.3) is 5.91 Å². The van der Waals surface area contributed by atoms with Gasteiger partial charge in [0.15, 0.2) is 0 Å². The van der Waals surface area contributed by atoms with Crippen LogP contribution in [0.2, 0.25) is 0 Å². The number of nitrogens with zero attached hydrogens (tertiary/aromatic N) is 4. The predicted octanol–water partition coefficient (Wildman–Crippen LogP) is 1.89. The summed E-state index contributed by atoms with van der Waals surface area (Å²) in [5.74, 6) is 0.219. The van der Waals surface area contributed by atoms with Crippen LogP contribution in [0.4, 0.5) is 5.69 Å². The lowest BCUT2D eigenvalue weighted by Crippen LogP contribution is -2.43. The van der Waals surface area contributed by atoms with Crippen molar-refractivity contribution in [3.63, 3.8) is 0 Å². The second-order valence-electron chi connectivity index (χ2n) is 7.31. The Hall–Kier alpha value is -3.55. The Labute approximate surface area is 167 Å². The summed E-state index contributed by atoms with van der Waals surface area (Å²) in [6.45, 7) is 0. The van der Waals surface area contributed by atoms with E-state index in [1.807, 2.05) is 28.9 Å². The molecule has 146 valence electrons. The van der Waals surface area contributed by atoms with E-state index >= 15 is 0 Å². The third-order valence-electron chi connectivity index (χ3n) is 5.47. The number of amides is 2. The lowest BCUT2D eigenvalue weighted by atomic mass is 10.1. The molecule has 0 aliphatic carbocycles. The summed E-state index contributed by atoms with van der Waals surface area (Å²) < 4.78 is 1.83. The molecule has 29 heavy (non-hydrogen) atoms. The van der Waals surface area contributed by atoms with Gasteiger partial charge in [0.05, 0.1) is 17.4 Å². The lowest BCUT2D eigenvalue weighted by molar-refractivity contribution is -0.118. The summed E-state index contributed by atoms with van der Waals surface area (Å²) in [5, 5.41) is 10.1. The van der Waals surface area contributed by atoms with Crippen LogP contribution in [0.1, 0.15) is 46.6 Å². The maximum atomic E-state index is 12.7. The standard InChI is InChI=1S/C21H20N6O2/c28-20-16(9-8-14-15(23-20)7-4-12-22-14)24-21(29)19-25-18-11-10-17(27(18)26-19)13-5-2-1-3-6-13/h1-7,12,16-17H,8-11H2,(H,23,28)(H,24,29)/t16-,17+/m0/s1. The molecule has 4 heterocycles. The first-order valence-electron chi connectivity index (χ1n) is 9.75. The first kappa shape index (κ1) is 17.5. The second-order valence-corrected chi connectivity index (χ2v) is 7.31. The van der Waals surface area contributed by atoms with Gasteiger partial charge in [-0.3, -0.25) is 14.6 Å². The second kappa shape index (κ2) is 7.12. The van der Waals surface area contributed by atoms with Crippen molar-refractivity contribution in [2.75, 3.05) is 5.32 Å². The van der Waals surface area contributed by atoms with Crippen molar-refractivity contribution >= 4 is 17.5 Å². The molecule has 2 N–H and O–H groups in total. The predicted molar refractivity (Wildman–Crippen MR) is 105 cm³/mol. The Balaban J connectivity index is 1.32. The minimum atomic E-state index is -0.653. The molecule has 5 rings (SSSR count). The molecule has 3 aromatic rings. The van der Waals surface area contributed by atoms with E-state index in [1.165, 1.54) is 0 Å². The van der Waals surface area contributed by atoms with E-state index in [2.05, 4.69) is 37.8 Å². The van der Waals surface area contributed by atoms with Crippen LogP contribution in [-0.2, 0) is 17.6 Å². The third kappa shape index (κ3) is 3.26. The van der Waals surface area contributed by atoms with E-state index in [-0.39, 0.29) is 17.8 Å². The molecule has 0 saturated carbocycles. The van der Waals surface area contributed by atoms with Crippen LogP contribution < -0.4 is 10.6 Å². The number of nitrogens with one attached hydrogen (secondary N) is 2. The Morgan fingerprint density at radius 2 is 1.97 bits per heavy atom. The number of benzene rings is 1. The van der Waals surface area contributed by atoms with Gasteiger partial charge in [-0.25, -0.2) is 9.67 Å². The number of fused-ring (bicyclic) bond motifs is 2. The number of aromatic nitrogens is 4. The van der Waals surface area contributed by atoms with Gasteiger partial charge in [0.2, 0.25) is 11.7 Å². The maximum absolute atomic E-state index is 12.7. The highest BCUT2D eigenvalue weighted by molar-refractivity contribution is 6.00. The molecule has 2 aromatic heterocycles. The molecule has 0 bridgehead atoms. The van der Waals surface area contributed by atoms with Crippen LogP contribution >= 0.6 is 0 Å². The number of rotatable bonds is 3. The number of anilines is 1. The highest BCUT2D eigenvalue weighted by Crippen LogP contribution is 2.30.